The normalized spacial score (nSPS) is 18.4. The number of allylic oxidation sites excluding steroid dienone is 2. The highest BCUT2D eigenvalue weighted by atomic mass is 35.5. The van der Waals surface area contributed by atoms with Crippen molar-refractivity contribution in [2.24, 2.45) is 5.92 Å². The summed E-state index contributed by atoms with van der Waals surface area (Å²) < 4.78 is 45.4. The van der Waals surface area contributed by atoms with E-state index in [9.17, 15) is 28.7 Å². The topological polar surface area (TPSA) is 106 Å². The van der Waals surface area contributed by atoms with Gasteiger partial charge in [-0.1, -0.05) is 43.6 Å². The Morgan fingerprint density at radius 1 is 1.21 bits per heavy atom. The van der Waals surface area contributed by atoms with Gasteiger partial charge < -0.3 is 19.8 Å². The summed E-state index contributed by atoms with van der Waals surface area (Å²) in [5.41, 5.74) is -0.918. The number of phenolic OH excluding ortho intramolecular Hbond substituents is 1. The maximum Gasteiger partial charge on any atom is 0.276 e. The number of phenols is 1. The Kier molecular flexibility index (Phi) is 9.10. The molecule has 14 heteroatoms. The van der Waals surface area contributed by atoms with Crippen LogP contribution in [0.25, 0.3) is 28.0 Å². The average molecular weight is 688 g/mol. The lowest BCUT2D eigenvalue weighted by atomic mass is 9.93. The molecule has 1 aromatic carbocycles. The zero-order valence-corrected chi connectivity index (χ0v) is 27.7. The van der Waals surface area contributed by atoms with Crippen LogP contribution in [0.4, 0.5) is 18.9 Å². The van der Waals surface area contributed by atoms with Crippen molar-refractivity contribution in [2.45, 2.75) is 39.8 Å². The van der Waals surface area contributed by atoms with Crippen molar-refractivity contribution in [2.75, 3.05) is 31.6 Å². The van der Waals surface area contributed by atoms with Gasteiger partial charge >= 0.3 is 0 Å². The fraction of sp³-hybridized carbons (Fsp3) is 0.333. The molecule has 0 bridgehead atoms. The Balaban J connectivity index is 1.92. The number of fused-ring (bicyclic) bond motifs is 1. The monoisotopic (exact) mass is 686 g/mol. The summed E-state index contributed by atoms with van der Waals surface area (Å²) >= 11 is 12.8. The van der Waals surface area contributed by atoms with Crippen LogP contribution in [0.2, 0.25) is 10.0 Å². The van der Waals surface area contributed by atoms with Crippen LogP contribution in [0.15, 0.2) is 41.4 Å². The molecule has 9 nitrogen and oxygen atoms in total. The van der Waals surface area contributed by atoms with Gasteiger partial charge in [0.2, 0.25) is 11.7 Å². The van der Waals surface area contributed by atoms with E-state index < -0.39 is 45.0 Å². The molecule has 0 aliphatic carbocycles. The van der Waals surface area contributed by atoms with Crippen molar-refractivity contribution in [3.05, 3.63) is 80.0 Å². The number of pyridine rings is 2. The lowest BCUT2D eigenvalue weighted by Gasteiger charge is -2.41. The first-order chi connectivity index (χ1) is 22.2. The third kappa shape index (κ3) is 5.41. The largest absolute Gasteiger partial charge is 0.504 e. The van der Waals surface area contributed by atoms with E-state index in [4.69, 9.17) is 23.2 Å². The molecule has 4 heterocycles. The zero-order valence-electron chi connectivity index (χ0n) is 26.2. The minimum atomic E-state index is -1.99. The Morgan fingerprint density at radius 3 is 2.49 bits per heavy atom. The first-order valence-corrected chi connectivity index (χ1v) is 15.5. The van der Waals surface area contributed by atoms with Crippen LogP contribution in [0.1, 0.15) is 33.3 Å². The third-order valence-corrected chi connectivity index (χ3v) is 9.28. The molecule has 47 heavy (non-hydrogen) atoms. The molecule has 0 spiro atoms. The van der Waals surface area contributed by atoms with Crippen molar-refractivity contribution in [1.29, 1.82) is 5.26 Å². The predicted molar refractivity (Wildman–Crippen MR) is 176 cm³/mol. The van der Waals surface area contributed by atoms with Crippen molar-refractivity contribution < 1.29 is 23.1 Å². The number of aromatic hydroxyl groups is 1. The molecule has 1 unspecified atom stereocenters. The van der Waals surface area contributed by atoms with Crippen LogP contribution in [-0.4, -0.2) is 69.1 Å². The maximum atomic E-state index is 15.4. The summed E-state index contributed by atoms with van der Waals surface area (Å²) in [5.74, 6) is -7.27. The fourth-order valence-electron chi connectivity index (χ4n) is 6.46. The summed E-state index contributed by atoms with van der Waals surface area (Å²) in [6.45, 7) is 11.8. The number of amides is 1. The van der Waals surface area contributed by atoms with E-state index in [0.717, 1.165) is 0 Å². The van der Waals surface area contributed by atoms with E-state index in [1.54, 1.807) is 22.8 Å². The second-order valence-electron chi connectivity index (χ2n) is 11.9. The Labute approximate surface area is 279 Å². The summed E-state index contributed by atoms with van der Waals surface area (Å²) in [7, 11) is 1.83. The average Bonchev–Trinajstić information content (AvgIpc) is 3.03. The summed E-state index contributed by atoms with van der Waals surface area (Å²) in [6.07, 6.45) is 4.87. The summed E-state index contributed by atoms with van der Waals surface area (Å²) in [5, 5.41) is 19.7. The standard InChI is InChI=1S/C33H31Cl2F3N6O3/c1-7-21(45)43-11-10-42(14-17(43)5)30-18-12-20(34)27(22-23(35)31(46)26(38)25(37)24(22)36)40-32(18)44(33(47)19(30)13-39)29-16(4)8-9-41(6)28(29)15(2)3/h7-9,12,15,17,28,46H,1,10-11,14H2,2-6H3/t17-,28?/m1/s1. The first kappa shape index (κ1) is 33.9. The van der Waals surface area contributed by atoms with Crippen LogP contribution >= 0.6 is 23.2 Å². The number of carbonyl (C=O) groups is 1. The minimum Gasteiger partial charge on any atom is -0.504 e. The smallest absolute Gasteiger partial charge is 0.276 e. The first-order valence-electron chi connectivity index (χ1n) is 14.7. The van der Waals surface area contributed by atoms with Crippen molar-refractivity contribution in [3.8, 4) is 23.1 Å². The highest BCUT2D eigenvalue weighted by Crippen LogP contribution is 2.44. The molecule has 2 aromatic heterocycles. The molecular weight excluding hydrogens is 656 g/mol. The Morgan fingerprint density at radius 2 is 1.89 bits per heavy atom. The molecule has 0 radical (unpaired) electrons. The number of piperazine rings is 1. The maximum absolute atomic E-state index is 15.4. The number of nitriles is 1. The van der Waals surface area contributed by atoms with Crippen molar-refractivity contribution in [1.82, 2.24) is 19.4 Å². The minimum absolute atomic E-state index is 0.0554. The molecule has 1 amide bonds. The van der Waals surface area contributed by atoms with Gasteiger partial charge in [0, 0.05) is 38.1 Å². The van der Waals surface area contributed by atoms with Crippen LogP contribution in [-0.2, 0) is 4.79 Å². The SMILES string of the molecule is C=CC(=O)N1CCN(c2c(C#N)c(=O)n(C3=C(C)C=CN(C)C3C(C)C)c3nc(-c4c(F)c(F)c(F)c(O)c4Cl)c(Cl)cc23)C[C@H]1C. The summed E-state index contributed by atoms with van der Waals surface area (Å²) in [4.78, 5) is 36.9. The van der Waals surface area contributed by atoms with E-state index >= 15 is 4.39 Å². The van der Waals surface area contributed by atoms with Gasteiger partial charge in [0.05, 0.1) is 38.7 Å². The molecule has 1 N–H and O–H groups in total. The molecule has 3 aromatic rings. The number of rotatable bonds is 5. The van der Waals surface area contributed by atoms with E-state index in [2.05, 4.69) is 17.6 Å². The lowest BCUT2D eigenvalue weighted by molar-refractivity contribution is -0.128. The number of carbonyl (C=O) groups excluding carboxylic acids is 1. The number of nitrogens with zero attached hydrogens (tertiary/aromatic N) is 6. The third-order valence-electron chi connectivity index (χ3n) is 8.62. The van der Waals surface area contributed by atoms with Gasteiger partial charge in [0.1, 0.15) is 17.3 Å². The second kappa shape index (κ2) is 12.6. The van der Waals surface area contributed by atoms with Crippen LogP contribution in [0, 0.1) is 34.7 Å². The molecule has 2 aliphatic rings. The summed E-state index contributed by atoms with van der Waals surface area (Å²) in [6, 6.07) is 2.69. The van der Waals surface area contributed by atoms with Gasteiger partial charge in [0.25, 0.3) is 5.56 Å². The number of anilines is 1. The molecule has 5 rings (SSSR count). The van der Waals surface area contributed by atoms with Crippen LogP contribution in [0.5, 0.6) is 5.75 Å². The number of hydrogen-bond donors (Lipinski definition) is 1. The Hall–Kier alpha value is -4.47. The van der Waals surface area contributed by atoms with Gasteiger partial charge in [-0.05, 0) is 49.8 Å². The molecule has 1 fully saturated rings. The molecule has 2 aliphatic heterocycles. The molecular formula is C33H31Cl2F3N6O3. The van der Waals surface area contributed by atoms with Gasteiger partial charge in [-0.25, -0.2) is 13.8 Å². The number of benzene rings is 1. The lowest BCUT2D eigenvalue weighted by Crippen LogP contribution is -2.54. The molecule has 246 valence electrons. The number of aromatic nitrogens is 2. The van der Waals surface area contributed by atoms with Gasteiger partial charge in [-0.15, -0.1) is 0 Å². The van der Waals surface area contributed by atoms with Gasteiger partial charge in [-0.2, -0.15) is 9.65 Å². The molecule has 0 saturated carbocycles. The quantitative estimate of drug-likeness (QED) is 0.191. The van der Waals surface area contributed by atoms with Crippen molar-refractivity contribution in [3.63, 3.8) is 0 Å². The van der Waals surface area contributed by atoms with E-state index in [0.29, 0.717) is 11.3 Å². The number of halogens is 5. The fourth-order valence-corrected chi connectivity index (χ4v) is 6.96. The predicted octanol–water partition coefficient (Wildman–Crippen LogP) is 6.30. The van der Waals surface area contributed by atoms with Crippen LogP contribution in [0.3, 0.4) is 0 Å². The number of hydrogen-bond acceptors (Lipinski definition) is 7. The van der Waals surface area contributed by atoms with Crippen LogP contribution < -0.4 is 10.5 Å². The second-order valence-corrected chi connectivity index (χ2v) is 12.7. The van der Waals surface area contributed by atoms with Crippen molar-refractivity contribution >= 4 is 51.5 Å². The van der Waals surface area contributed by atoms with E-state index in [-0.39, 0.29) is 70.8 Å². The van der Waals surface area contributed by atoms with Gasteiger partial charge in [0.15, 0.2) is 17.4 Å². The van der Waals surface area contributed by atoms with E-state index in [1.165, 1.54) is 16.7 Å². The number of likely N-dealkylation sites (N-methyl/N-ethyl adjacent to an activating group) is 1. The van der Waals surface area contributed by atoms with Gasteiger partial charge in [-0.3, -0.25) is 14.2 Å². The Bertz CT molecular complexity index is 1990. The molecule has 1 saturated heterocycles. The van der Waals surface area contributed by atoms with E-state index in [1.807, 2.05) is 38.9 Å². The highest BCUT2D eigenvalue weighted by Gasteiger charge is 2.35. The zero-order chi connectivity index (χ0) is 34.6. The highest BCUT2D eigenvalue weighted by molar-refractivity contribution is 6.37. The molecule has 2 atom stereocenters.